The Morgan fingerprint density at radius 3 is 2.48 bits per heavy atom. The van der Waals surface area contributed by atoms with Crippen molar-refractivity contribution >= 4 is 29.9 Å². The molecule has 0 aromatic rings. The second-order valence-corrected chi connectivity index (χ2v) is 6.38. The molecule has 1 aliphatic heterocycles. The van der Waals surface area contributed by atoms with Crippen LogP contribution in [0.5, 0.6) is 0 Å². The third-order valence-corrected chi connectivity index (χ3v) is 4.34. The van der Waals surface area contributed by atoms with Crippen LogP contribution in [0.15, 0.2) is 4.99 Å². The molecule has 2 fully saturated rings. The summed E-state index contributed by atoms with van der Waals surface area (Å²) in [5.74, 6) is 0.782. The lowest BCUT2D eigenvalue weighted by atomic mass is 10.0. The van der Waals surface area contributed by atoms with Crippen molar-refractivity contribution in [3.05, 3.63) is 0 Å². The minimum atomic E-state index is -0.587. The van der Waals surface area contributed by atoms with E-state index in [-0.39, 0.29) is 29.6 Å². The first-order valence-corrected chi connectivity index (χ1v) is 7.94. The predicted octanol–water partition coefficient (Wildman–Crippen LogP) is 2.03. The molecule has 0 radical (unpaired) electrons. The highest BCUT2D eigenvalue weighted by Crippen LogP contribution is 2.29. The van der Waals surface area contributed by atoms with Gasteiger partial charge >= 0.3 is 0 Å². The molecule has 1 unspecified atom stereocenters. The van der Waals surface area contributed by atoms with Crippen LogP contribution in [0.4, 0.5) is 0 Å². The summed E-state index contributed by atoms with van der Waals surface area (Å²) in [7, 11) is 0. The Bertz CT molecular complexity index is 338. The molecule has 0 amide bonds. The van der Waals surface area contributed by atoms with Gasteiger partial charge < -0.3 is 20.5 Å². The molecule has 5 nitrogen and oxygen atoms in total. The van der Waals surface area contributed by atoms with Crippen LogP contribution in [0.1, 0.15) is 52.4 Å². The molecule has 6 heteroatoms. The monoisotopic (exact) mass is 411 g/mol. The maximum absolute atomic E-state index is 10.4. The molecule has 1 saturated carbocycles. The number of rotatable bonds is 5. The number of nitrogens with one attached hydrogen (secondary N) is 2. The summed E-state index contributed by atoms with van der Waals surface area (Å²) < 4.78 is 5.77. The van der Waals surface area contributed by atoms with E-state index in [0.29, 0.717) is 6.54 Å². The fourth-order valence-corrected chi connectivity index (χ4v) is 3.01. The van der Waals surface area contributed by atoms with Crippen LogP contribution in [0.3, 0.4) is 0 Å². The number of aliphatic hydroxyl groups is 1. The Hall–Kier alpha value is -0.0800. The third kappa shape index (κ3) is 5.90. The predicted molar refractivity (Wildman–Crippen MR) is 96.4 cm³/mol. The lowest BCUT2D eigenvalue weighted by Gasteiger charge is -2.25. The van der Waals surface area contributed by atoms with E-state index in [1.807, 2.05) is 0 Å². The van der Waals surface area contributed by atoms with E-state index in [0.717, 1.165) is 64.2 Å². The standard InChI is InChI=1S/C15H29N3O2.HI/c1-3-16-13(17-11-14(2)7-6-10-20-14)18-12-15(19)8-4-5-9-15;/h19H,3-12H2,1-2H3,(H2,16,17,18);1H. The SMILES string of the molecule is CCNC(=NCC1(O)CCCC1)NCC1(C)CCCO1.I. The normalized spacial score (nSPS) is 28.2. The van der Waals surface area contributed by atoms with Crippen molar-refractivity contribution in [2.24, 2.45) is 4.99 Å². The number of halogens is 1. The Balaban J connectivity index is 0.00000220. The maximum Gasteiger partial charge on any atom is 0.191 e. The molecule has 1 heterocycles. The largest absolute Gasteiger partial charge is 0.388 e. The van der Waals surface area contributed by atoms with Gasteiger partial charge in [0, 0.05) is 19.7 Å². The van der Waals surface area contributed by atoms with Gasteiger partial charge in [-0.15, -0.1) is 24.0 Å². The number of hydrogen-bond acceptors (Lipinski definition) is 3. The third-order valence-electron chi connectivity index (χ3n) is 4.34. The molecule has 0 bridgehead atoms. The average molecular weight is 411 g/mol. The lowest BCUT2D eigenvalue weighted by Crippen LogP contribution is -2.46. The van der Waals surface area contributed by atoms with Crippen molar-refractivity contribution in [2.45, 2.75) is 63.6 Å². The molecular weight excluding hydrogens is 381 g/mol. The zero-order chi connectivity index (χ0) is 14.5. The first-order chi connectivity index (χ1) is 9.55. The van der Waals surface area contributed by atoms with Crippen LogP contribution in [-0.2, 0) is 4.74 Å². The summed E-state index contributed by atoms with van der Waals surface area (Å²) >= 11 is 0. The van der Waals surface area contributed by atoms with Crippen molar-refractivity contribution < 1.29 is 9.84 Å². The molecule has 2 aliphatic rings. The van der Waals surface area contributed by atoms with Crippen LogP contribution < -0.4 is 10.6 Å². The van der Waals surface area contributed by atoms with Gasteiger partial charge in [0.1, 0.15) is 0 Å². The van der Waals surface area contributed by atoms with Gasteiger partial charge in [0.2, 0.25) is 0 Å². The fraction of sp³-hybridized carbons (Fsp3) is 0.933. The molecule has 3 N–H and O–H groups in total. The van der Waals surface area contributed by atoms with Gasteiger partial charge in [-0.1, -0.05) is 12.8 Å². The summed E-state index contributed by atoms with van der Waals surface area (Å²) in [4.78, 5) is 4.55. The van der Waals surface area contributed by atoms with Gasteiger partial charge in [-0.3, -0.25) is 4.99 Å². The van der Waals surface area contributed by atoms with Gasteiger partial charge in [-0.2, -0.15) is 0 Å². The van der Waals surface area contributed by atoms with Gasteiger partial charge in [-0.25, -0.2) is 0 Å². The Morgan fingerprint density at radius 2 is 1.90 bits per heavy atom. The molecule has 21 heavy (non-hydrogen) atoms. The number of ether oxygens (including phenoxy) is 1. The number of nitrogens with zero attached hydrogens (tertiary/aromatic N) is 1. The lowest BCUT2D eigenvalue weighted by molar-refractivity contribution is 0.0242. The Morgan fingerprint density at radius 1 is 1.19 bits per heavy atom. The highest BCUT2D eigenvalue weighted by molar-refractivity contribution is 14.0. The quantitative estimate of drug-likeness (QED) is 0.368. The van der Waals surface area contributed by atoms with Crippen LogP contribution in [-0.4, -0.2) is 48.5 Å². The van der Waals surface area contributed by atoms with E-state index in [9.17, 15) is 5.11 Å². The van der Waals surface area contributed by atoms with Crippen molar-refractivity contribution in [3.63, 3.8) is 0 Å². The van der Waals surface area contributed by atoms with Gasteiger partial charge in [0.15, 0.2) is 5.96 Å². The van der Waals surface area contributed by atoms with Crippen LogP contribution in [0.25, 0.3) is 0 Å². The van der Waals surface area contributed by atoms with Crippen molar-refractivity contribution in [3.8, 4) is 0 Å². The summed E-state index contributed by atoms with van der Waals surface area (Å²) in [6.45, 7) is 7.11. The van der Waals surface area contributed by atoms with E-state index < -0.39 is 5.60 Å². The minimum Gasteiger partial charge on any atom is -0.388 e. The second-order valence-electron chi connectivity index (χ2n) is 6.38. The fourth-order valence-electron chi connectivity index (χ4n) is 3.01. The zero-order valence-corrected chi connectivity index (χ0v) is 15.6. The minimum absolute atomic E-state index is 0. The van der Waals surface area contributed by atoms with Crippen LogP contribution in [0, 0.1) is 0 Å². The van der Waals surface area contributed by atoms with Gasteiger partial charge in [-0.05, 0) is 39.5 Å². The number of guanidine groups is 1. The molecule has 1 atom stereocenters. The highest BCUT2D eigenvalue weighted by atomic mass is 127. The summed E-state index contributed by atoms with van der Waals surface area (Å²) in [5.41, 5.74) is -0.670. The van der Waals surface area contributed by atoms with E-state index in [4.69, 9.17) is 4.74 Å². The molecule has 1 aliphatic carbocycles. The van der Waals surface area contributed by atoms with E-state index in [1.54, 1.807) is 0 Å². The Labute approximate surface area is 145 Å². The topological polar surface area (TPSA) is 65.9 Å². The number of hydrogen-bond donors (Lipinski definition) is 3. The van der Waals surface area contributed by atoms with Crippen molar-refractivity contribution in [2.75, 3.05) is 26.2 Å². The Kier molecular flexibility index (Phi) is 7.70. The van der Waals surface area contributed by atoms with Crippen LogP contribution in [0.2, 0.25) is 0 Å². The van der Waals surface area contributed by atoms with Gasteiger partial charge in [0.05, 0.1) is 17.7 Å². The van der Waals surface area contributed by atoms with Gasteiger partial charge in [0.25, 0.3) is 0 Å². The molecular formula is C15H30IN3O2. The first kappa shape index (κ1) is 19.0. The van der Waals surface area contributed by atoms with Crippen LogP contribution >= 0.6 is 24.0 Å². The maximum atomic E-state index is 10.4. The summed E-state index contributed by atoms with van der Waals surface area (Å²) in [5, 5.41) is 16.9. The summed E-state index contributed by atoms with van der Waals surface area (Å²) in [6.07, 6.45) is 6.19. The van der Waals surface area contributed by atoms with E-state index in [2.05, 4.69) is 29.5 Å². The smallest absolute Gasteiger partial charge is 0.191 e. The molecule has 124 valence electrons. The molecule has 0 aromatic carbocycles. The molecule has 2 rings (SSSR count). The molecule has 0 spiro atoms. The number of aliphatic imine (C=N–C) groups is 1. The average Bonchev–Trinajstić information content (AvgIpc) is 3.03. The first-order valence-electron chi connectivity index (χ1n) is 7.94. The van der Waals surface area contributed by atoms with Crippen molar-refractivity contribution in [1.82, 2.24) is 10.6 Å². The molecule has 1 saturated heterocycles. The highest BCUT2D eigenvalue weighted by Gasteiger charge is 2.32. The summed E-state index contributed by atoms with van der Waals surface area (Å²) in [6, 6.07) is 0. The van der Waals surface area contributed by atoms with Crippen molar-refractivity contribution in [1.29, 1.82) is 0 Å². The van der Waals surface area contributed by atoms with E-state index >= 15 is 0 Å². The van der Waals surface area contributed by atoms with E-state index in [1.165, 1.54) is 0 Å². The zero-order valence-electron chi connectivity index (χ0n) is 13.3. The second kappa shape index (κ2) is 8.53. The molecule has 0 aromatic heterocycles.